The van der Waals surface area contributed by atoms with Gasteiger partial charge in [0.2, 0.25) is 15.9 Å². The van der Waals surface area contributed by atoms with Crippen LogP contribution in [0, 0.1) is 5.92 Å². The lowest BCUT2D eigenvalue weighted by Crippen LogP contribution is -2.41. The number of nitrogens with one attached hydrogen (secondary N) is 1. The van der Waals surface area contributed by atoms with Crippen molar-refractivity contribution in [2.75, 3.05) is 18.4 Å². The Kier molecular flexibility index (Phi) is 5.42. The molecule has 0 bridgehead atoms. The van der Waals surface area contributed by atoms with Crippen molar-refractivity contribution in [1.29, 1.82) is 0 Å². The normalized spacial score (nSPS) is 16.5. The van der Waals surface area contributed by atoms with Gasteiger partial charge < -0.3 is 5.32 Å². The van der Waals surface area contributed by atoms with Gasteiger partial charge in [0.1, 0.15) is 0 Å². The highest BCUT2D eigenvalue weighted by Crippen LogP contribution is 2.25. The minimum absolute atomic E-state index is 0.0842. The molecule has 3 rings (SSSR count). The lowest BCUT2D eigenvalue weighted by atomic mass is 9.97. The minimum Gasteiger partial charge on any atom is -0.326 e. The lowest BCUT2D eigenvalue weighted by Gasteiger charge is -2.30. The summed E-state index contributed by atoms with van der Waals surface area (Å²) in [6.45, 7) is 0.686. The third-order valence-electron chi connectivity index (χ3n) is 4.32. The molecule has 0 aliphatic carbocycles. The quantitative estimate of drug-likeness (QED) is 0.886. The molecule has 132 valence electrons. The van der Waals surface area contributed by atoms with Crippen LogP contribution < -0.4 is 5.32 Å². The maximum Gasteiger partial charge on any atom is 0.243 e. The average Bonchev–Trinajstić information content (AvgIpc) is 2.64. The number of sulfonamides is 1. The third kappa shape index (κ3) is 4.21. The van der Waals surface area contributed by atoms with Crippen molar-refractivity contribution < 1.29 is 13.2 Å². The molecule has 0 atom stereocenters. The summed E-state index contributed by atoms with van der Waals surface area (Å²) in [6.07, 6.45) is 1.01. The van der Waals surface area contributed by atoms with E-state index in [0.717, 1.165) is 0 Å². The van der Waals surface area contributed by atoms with Crippen molar-refractivity contribution in [2.24, 2.45) is 5.92 Å². The second-order valence-corrected chi connectivity index (χ2v) is 8.36. The minimum atomic E-state index is -3.49. The summed E-state index contributed by atoms with van der Waals surface area (Å²) >= 11 is 5.83. The van der Waals surface area contributed by atoms with Crippen molar-refractivity contribution in [3.63, 3.8) is 0 Å². The Balaban J connectivity index is 1.60. The van der Waals surface area contributed by atoms with Crippen LogP contribution in [0.4, 0.5) is 5.69 Å². The highest BCUT2D eigenvalue weighted by molar-refractivity contribution is 7.89. The standard InChI is InChI=1S/C18H19ClN2O3S/c19-15-6-8-16(9-7-15)20-18(22)14-10-12-21(13-11-14)25(23,24)17-4-2-1-3-5-17/h1-9,14H,10-13H2,(H,20,22). The Hall–Kier alpha value is -1.89. The van der Waals surface area contributed by atoms with E-state index in [-0.39, 0.29) is 11.8 Å². The number of nitrogens with zero attached hydrogens (tertiary/aromatic N) is 1. The monoisotopic (exact) mass is 378 g/mol. The summed E-state index contributed by atoms with van der Waals surface area (Å²) in [6, 6.07) is 15.3. The second-order valence-electron chi connectivity index (χ2n) is 5.99. The molecule has 1 saturated heterocycles. The molecule has 0 radical (unpaired) electrons. The van der Waals surface area contributed by atoms with Crippen molar-refractivity contribution in [1.82, 2.24) is 4.31 Å². The van der Waals surface area contributed by atoms with Crippen LogP contribution in [0.2, 0.25) is 5.02 Å². The van der Waals surface area contributed by atoms with Crippen LogP contribution in [0.25, 0.3) is 0 Å². The van der Waals surface area contributed by atoms with Crippen molar-refractivity contribution >= 4 is 33.2 Å². The zero-order valence-electron chi connectivity index (χ0n) is 13.6. The number of benzene rings is 2. The van der Waals surface area contributed by atoms with Gasteiger partial charge in [0.15, 0.2) is 0 Å². The molecular weight excluding hydrogens is 360 g/mol. The van der Waals surface area contributed by atoms with Crippen molar-refractivity contribution in [3.05, 3.63) is 59.6 Å². The maximum atomic E-state index is 12.6. The Morgan fingerprint density at radius 2 is 1.60 bits per heavy atom. The SMILES string of the molecule is O=C(Nc1ccc(Cl)cc1)C1CCN(S(=O)(=O)c2ccccc2)CC1. The van der Waals surface area contributed by atoms with Gasteiger partial charge >= 0.3 is 0 Å². The number of carbonyl (C=O) groups excluding carboxylic acids is 1. The fourth-order valence-electron chi connectivity index (χ4n) is 2.88. The van der Waals surface area contributed by atoms with Crippen LogP contribution in [0.3, 0.4) is 0 Å². The molecule has 25 heavy (non-hydrogen) atoms. The van der Waals surface area contributed by atoms with E-state index in [1.165, 1.54) is 4.31 Å². The van der Waals surface area contributed by atoms with E-state index in [9.17, 15) is 13.2 Å². The lowest BCUT2D eigenvalue weighted by molar-refractivity contribution is -0.120. The van der Waals surface area contributed by atoms with Crippen LogP contribution in [0.1, 0.15) is 12.8 Å². The van der Waals surface area contributed by atoms with E-state index in [1.54, 1.807) is 54.6 Å². The van der Waals surface area contributed by atoms with Gasteiger partial charge in [-0.25, -0.2) is 8.42 Å². The van der Waals surface area contributed by atoms with Gasteiger partial charge in [-0.2, -0.15) is 4.31 Å². The van der Waals surface area contributed by atoms with E-state index in [2.05, 4.69) is 5.32 Å². The van der Waals surface area contributed by atoms with Gasteiger partial charge in [-0.15, -0.1) is 0 Å². The number of halogens is 1. The predicted molar refractivity (Wildman–Crippen MR) is 98.0 cm³/mol. The molecule has 2 aromatic rings. The molecule has 0 spiro atoms. The van der Waals surface area contributed by atoms with E-state index < -0.39 is 10.0 Å². The fourth-order valence-corrected chi connectivity index (χ4v) is 4.49. The molecule has 1 heterocycles. The summed E-state index contributed by atoms with van der Waals surface area (Å²) in [5, 5.41) is 3.47. The molecule has 1 aliphatic rings. The Bertz CT molecular complexity index is 830. The smallest absolute Gasteiger partial charge is 0.243 e. The molecule has 1 N–H and O–H groups in total. The van der Waals surface area contributed by atoms with Crippen molar-refractivity contribution in [3.8, 4) is 0 Å². The topological polar surface area (TPSA) is 66.5 Å². The zero-order valence-corrected chi connectivity index (χ0v) is 15.1. The molecule has 2 aromatic carbocycles. The van der Waals surface area contributed by atoms with Crippen LogP contribution in [-0.4, -0.2) is 31.7 Å². The van der Waals surface area contributed by atoms with Gasteiger partial charge in [-0.3, -0.25) is 4.79 Å². The van der Waals surface area contributed by atoms with Gasteiger partial charge in [-0.05, 0) is 49.2 Å². The summed E-state index contributed by atoms with van der Waals surface area (Å²) in [5.74, 6) is -0.281. The molecule has 0 saturated carbocycles. The highest BCUT2D eigenvalue weighted by Gasteiger charge is 2.31. The summed E-state index contributed by atoms with van der Waals surface area (Å²) in [5.41, 5.74) is 0.689. The summed E-state index contributed by atoms with van der Waals surface area (Å²) < 4.78 is 26.7. The first-order valence-electron chi connectivity index (χ1n) is 8.08. The van der Waals surface area contributed by atoms with E-state index in [4.69, 9.17) is 11.6 Å². The first-order valence-corrected chi connectivity index (χ1v) is 9.90. The number of hydrogen-bond acceptors (Lipinski definition) is 3. The Labute approximate surface area is 152 Å². The summed E-state index contributed by atoms with van der Waals surface area (Å²) in [4.78, 5) is 12.7. The molecule has 5 nitrogen and oxygen atoms in total. The number of hydrogen-bond donors (Lipinski definition) is 1. The Morgan fingerprint density at radius 1 is 1.00 bits per heavy atom. The van der Waals surface area contributed by atoms with Gasteiger partial charge in [0.05, 0.1) is 4.90 Å². The molecule has 0 aromatic heterocycles. The van der Waals surface area contributed by atoms with E-state index in [0.29, 0.717) is 41.5 Å². The number of piperidine rings is 1. The molecule has 1 fully saturated rings. The first-order chi connectivity index (χ1) is 12.0. The van der Waals surface area contributed by atoms with Crippen LogP contribution in [0.5, 0.6) is 0 Å². The molecule has 1 amide bonds. The fraction of sp³-hybridized carbons (Fsp3) is 0.278. The number of rotatable bonds is 4. The van der Waals surface area contributed by atoms with E-state index in [1.807, 2.05) is 0 Å². The third-order valence-corrected chi connectivity index (χ3v) is 6.48. The highest BCUT2D eigenvalue weighted by atomic mass is 35.5. The second kappa shape index (κ2) is 7.56. The van der Waals surface area contributed by atoms with Crippen LogP contribution >= 0.6 is 11.6 Å². The van der Waals surface area contributed by atoms with Crippen LogP contribution in [-0.2, 0) is 14.8 Å². The number of anilines is 1. The van der Waals surface area contributed by atoms with Gasteiger partial charge in [-0.1, -0.05) is 29.8 Å². The Morgan fingerprint density at radius 3 is 2.20 bits per heavy atom. The summed E-state index contributed by atoms with van der Waals surface area (Å²) in [7, 11) is -3.49. The van der Waals surface area contributed by atoms with Gasteiger partial charge in [0, 0.05) is 29.7 Å². The largest absolute Gasteiger partial charge is 0.326 e. The van der Waals surface area contributed by atoms with Gasteiger partial charge in [0.25, 0.3) is 0 Å². The molecule has 1 aliphatic heterocycles. The molecule has 7 heteroatoms. The number of amides is 1. The zero-order chi connectivity index (χ0) is 17.9. The first kappa shape index (κ1) is 17.9. The average molecular weight is 379 g/mol. The van der Waals surface area contributed by atoms with Crippen LogP contribution in [0.15, 0.2) is 59.5 Å². The maximum absolute atomic E-state index is 12.6. The van der Waals surface area contributed by atoms with Crippen molar-refractivity contribution in [2.45, 2.75) is 17.7 Å². The predicted octanol–water partition coefficient (Wildman–Crippen LogP) is 3.38. The number of carbonyl (C=O) groups is 1. The molecular formula is C18H19ClN2O3S. The molecule has 0 unspecified atom stereocenters. The van der Waals surface area contributed by atoms with E-state index >= 15 is 0 Å².